The van der Waals surface area contributed by atoms with Crippen LogP contribution < -0.4 is 0 Å². The van der Waals surface area contributed by atoms with E-state index in [0.717, 1.165) is 55.6 Å². The van der Waals surface area contributed by atoms with E-state index in [-0.39, 0.29) is 0 Å². The molecule has 14 rings (SSSR count). The van der Waals surface area contributed by atoms with Gasteiger partial charge in [0.2, 0.25) is 5.95 Å². The van der Waals surface area contributed by atoms with Crippen molar-refractivity contribution in [3.05, 3.63) is 231 Å². The van der Waals surface area contributed by atoms with Gasteiger partial charge < -0.3 is 4.57 Å². The van der Waals surface area contributed by atoms with Crippen LogP contribution in [0.1, 0.15) is 0 Å². The standard InChI is InChI=1S/C62H38N4/c1-3-14-43-33-47(25-21-39(43)11-1)56-38-57(48-26-22-40-12-2-4-15-44(40)34-48)64-62(63-56)66-59-20-10-8-18-52(59)55-36-46(29-32-61(55)66)45-28-31-60-54(35-45)51-17-7-9-19-58(51)65(60)49-30-27-42-24-23-41-13-5-6-16-50(41)53(42)37-49/h1-38H. The van der Waals surface area contributed by atoms with Crippen molar-refractivity contribution in [3.63, 3.8) is 0 Å². The van der Waals surface area contributed by atoms with E-state index >= 15 is 0 Å². The fourth-order valence-electron chi connectivity index (χ4n) is 10.5. The Hall–Kier alpha value is -8.86. The first-order valence-corrected chi connectivity index (χ1v) is 22.6. The van der Waals surface area contributed by atoms with Crippen LogP contribution in [0.4, 0.5) is 0 Å². The van der Waals surface area contributed by atoms with E-state index in [1.165, 1.54) is 70.5 Å². The van der Waals surface area contributed by atoms with E-state index in [1.807, 2.05) is 0 Å². The fraction of sp³-hybridized carbons (Fsp3) is 0. The van der Waals surface area contributed by atoms with Gasteiger partial charge in [-0.25, -0.2) is 9.97 Å². The molecular formula is C62H38N4. The zero-order valence-electron chi connectivity index (χ0n) is 35.7. The summed E-state index contributed by atoms with van der Waals surface area (Å²) in [6, 6.07) is 83.5. The van der Waals surface area contributed by atoms with Crippen LogP contribution in [-0.2, 0) is 0 Å². The average molecular weight is 839 g/mol. The summed E-state index contributed by atoms with van der Waals surface area (Å²) >= 11 is 0. The lowest BCUT2D eigenvalue weighted by molar-refractivity contribution is 0.996. The van der Waals surface area contributed by atoms with Crippen molar-refractivity contribution in [2.75, 3.05) is 0 Å². The topological polar surface area (TPSA) is 35.6 Å². The summed E-state index contributed by atoms with van der Waals surface area (Å²) in [5, 5.41) is 14.5. The van der Waals surface area contributed by atoms with Gasteiger partial charge in [0.25, 0.3) is 0 Å². The van der Waals surface area contributed by atoms with Crippen LogP contribution in [0.25, 0.3) is 132 Å². The van der Waals surface area contributed by atoms with Crippen molar-refractivity contribution in [3.8, 4) is 45.3 Å². The van der Waals surface area contributed by atoms with E-state index in [1.54, 1.807) is 0 Å². The molecule has 11 aromatic carbocycles. The maximum Gasteiger partial charge on any atom is 0.235 e. The minimum Gasteiger partial charge on any atom is -0.309 e. The van der Waals surface area contributed by atoms with Crippen molar-refractivity contribution in [2.24, 2.45) is 0 Å². The molecule has 0 bridgehead atoms. The van der Waals surface area contributed by atoms with Gasteiger partial charge in [-0.3, -0.25) is 4.57 Å². The van der Waals surface area contributed by atoms with Gasteiger partial charge >= 0.3 is 0 Å². The second kappa shape index (κ2) is 14.3. The van der Waals surface area contributed by atoms with E-state index in [9.17, 15) is 0 Å². The van der Waals surface area contributed by atoms with E-state index in [2.05, 4.69) is 240 Å². The predicted molar refractivity (Wildman–Crippen MR) is 277 cm³/mol. The fourth-order valence-corrected chi connectivity index (χ4v) is 10.5. The number of aromatic nitrogens is 4. The van der Waals surface area contributed by atoms with Crippen LogP contribution in [0, 0.1) is 0 Å². The zero-order valence-corrected chi connectivity index (χ0v) is 35.7. The molecule has 0 saturated carbocycles. The van der Waals surface area contributed by atoms with Crippen molar-refractivity contribution in [2.45, 2.75) is 0 Å². The molecule has 0 radical (unpaired) electrons. The molecule has 0 unspecified atom stereocenters. The molecule has 0 N–H and O–H groups in total. The quantitative estimate of drug-likeness (QED) is 0.162. The molecule has 0 fully saturated rings. The molecule has 4 nitrogen and oxygen atoms in total. The van der Waals surface area contributed by atoms with Crippen molar-refractivity contribution < 1.29 is 0 Å². The van der Waals surface area contributed by atoms with Crippen LogP contribution in [0.3, 0.4) is 0 Å². The van der Waals surface area contributed by atoms with E-state index in [0.29, 0.717) is 5.95 Å². The number of hydrogen-bond donors (Lipinski definition) is 0. The first-order valence-electron chi connectivity index (χ1n) is 22.6. The number of rotatable bonds is 5. The summed E-state index contributed by atoms with van der Waals surface area (Å²) in [6.45, 7) is 0. The summed E-state index contributed by atoms with van der Waals surface area (Å²) in [6.07, 6.45) is 0. The number of nitrogens with zero attached hydrogens (tertiary/aromatic N) is 4. The molecule has 66 heavy (non-hydrogen) atoms. The highest BCUT2D eigenvalue weighted by molar-refractivity contribution is 6.14. The lowest BCUT2D eigenvalue weighted by Crippen LogP contribution is -2.04. The van der Waals surface area contributed by atoms with Gasteiger partial charge in [0.15, 0.2) is 0 Å². The van der Waals surface area contributed by atoms with Crippen LogP contribution in [-0.4, -0.2) is 19.1 Å². The molecule has 0 aliphatic carbocycles. The van der Waals surface area contributed by atoms with Gasteiger partial charge in [-0.05, 0) is 121 Å². The number of hydrogen-bond acceptors (Lipinski definition) is 2. The van der Waals surface area contributed by atoms with Crippen LogP contribution >= 0.6 is 0 Å². The monoisotopic (exact) mass is 838 g/mol. The first kappa shape index (κ1) is 36.6. The third-order valence-corrected chi connectivity index (χ3v) is 13.7. The Kier molecular flexibility index (Phi) is 7.95. The molecule has 14 aromatic rings. The van der Waals surface area contributed by atoms with Gasteiger partial charge in [-0.1, -0.05) is 164 Å². The van der Waals surface area contributed by atoms with Gasteiger partial charge in [-0.15, -0.1) is 0 Å². The molecule has 4 heteroatoms. The van der Waals surface area contributed by atoms with Crippen LogP contribution in [0.5, 0.6) is 0 Å². The van der Waals surface area contributed by atoms with Gasteiger partial charge in [-0.2, -0.15) is 0 Å². The SMILES string of the molecule is c1ccc2cc(-c3cc(-c4ccc5ccccc5c4)nc(-n4c5ccccc5c5cc(-c6ccc7c(c6)c6ccccc6n7-c6ccc7ccc8ccccc8c7c6)ccc54)n3)ccc2c1. The third kappa shape index (κ3) is 5.72. The molecular weight excluding hydrogens is 801 g/mol. The molecule has 3 heterocycles. The van der Waals surface area contributed by atoms with E-state index < -0.39 is 0 Å². The highest BCUT2D eigenvalue weighted by Crippen LogP contribution is 2.40. The minimum absolute atomic E-state index is 0.638. The van der Waals surface area contributed by atoms with Crippen LogP contribution in [0.2, 0.25) is 0 Å². The molecule has 0 amide bonds. The van der Waals surface area contributed by atoms with Gasteiger partial charge in [0.1, 0.15) is 0 Å². The Balaban J connectivity index is 0.936. The molecule has 3 aromatic heterocycles. The second-order valence-corrected chi connectivity index (χ2v) is 17.4. The highest BCUT2D eigenvalue weighted by Gasteiger charge is 2.19. The van der Waals surface area contributed by atoms with E-state index in [4.69, 9.17) is 9.97 Å². The molecule has 0 saturated heterocycles. The lowest BCUT2D eigenvalue weighted by Gasteiger charge is -2.13. The largest absolute Gasteiger partial charge is 0.309 e. The number of benzene rings is 11. The Morgan fingerprint density at radius 1 is 0.242 bits per heavy atom. The van der Waals surface area contributed by atoms with Crippen molar-refractivity contribution in [1.82, 2.24) is 19.1 Å². The maximum atomic E-state index is 5.39. The van der Waals surface area contributed by atoms with Crippen molar-refractivity contribution in [1.29, 1.82) is 0 Å². The average Bonchev–Trinajstić information content (AvgIpc) is 3.90. The first-order chi connectivity index (χ1) is 32.7. The smallest absolute Gasteiger partial charge is 0.235 e. The number of para-hydroxylation sites is 2. The summed E-state index contributed by atoms with van der Waals surface area (Å²) in [7, 11) is 0. The molecule has 0 aliphatic rings. The summed E-state index contributed by atoms with van der Waals surface area (Å²) in [5.41, 5.74) is 11.8. The predicted octanol–water partition coefficient (Wildman–Crippen LogP) is 16.3. The molecule has 0 spiro atoms. The Morgan fingerprint density at radius 2 is 0.667 bits per heavy atom. The Bertz CT molecular complexity index is 4210. The zero-order chi connectivity index (χ0) is 43.3. The molecule has 306 valence electrons. The Morgan fingerprint density at radius 3 is 1.27 bits per heavy atom. The molecule has 0 aliphatic heterocycles. The summed E-state index contributed by atoms with van der Waals surface area (Å²) in [5.74, 6) is 0.638. The normalized spacial score (nSPS) is 11.9. The summed E-state index contributed by atoms with van der Waals surface area (Å²) in [4.78, 5) is 10.8. The maximum absolute atomic E-state index is 5.39. The van der Waals surface area contributed by atoms with Gasteiger partial charge in [0.05, 0.1) is 33.5 Å². The summed E-state index contributed by atoms with van der Waals surface area (Å²) < 4.78 is 4.66. The third-order valence-electron chi connectivity index (χ3n) is 13.7. The molecule has 0 atom stereocenters. The van der Waals surface area contributed by atoms with Gasteiger partial charge in [0, 0.05) is 38.4 Å². The Labute approximate surface area is 379 Å². The lowest BCUT2D eigenvalue weighted by atomic mass is 10.0. The minimum atomic E-state index is 0.638. The van der Waals surface area contributed by atoms with Crippen LogP contribution in [0.15, 0.2) is 231 Å². The highest BCUT2D eigenvalue weighted by atomic mass is 15.2. The van der Waals surface area contributed by atoms with Crippen molar-refractivity contribution >= 4 is 86.7 Å². The number of fused-ring (bicyclic) bond motifs is 11. The second-order valence-electron chi connectivity index (χ2n) is 17.4.